The molecule has 1 N–H and O–H groups in total. The molecule has 2 nitrogen and oxygen atoms in total. The predicted molar refractivity (Wildman–Crippen MR) is 81.7 cm³/mol. The SMILES string of the molecule is c1ccc2cc(C[C@H]3COC4(CCCC4)N3)ccc2c1. The summed E-state index contributed by atoms with van der Waals surface area (Å²) in [5.74, 6) is 0. The Bertz CT molecular complexity index is 616. The number of benzene rings is 2. The van der Waals surface area contributed by atoms with Gasteiger partial charge in [-0.3, -0.25) is 5.32 Å². The molecule has 2 aliphatic rings. The highest BCUT2D eigenvalue weighted by atomic mass is 16.5. The van der Waals surface area contributed by atoms with E-state index in [4.69, 9.17) is 4.74 Å². The number of hydrogen-bond donors (Lipinski definition) is 1. The van der Waals surface area contributed by atoms with Gasteiger partial charge >= 0.3 is 0 Å². The Morgan fingerprint density at radius 2 is 1.85 bits per heavy atom. The summed E-state index contributed by atoms with van der Waals surface area (Å²) in [6.07, 6.45) is 6.03. The van der Waals surface area contributed by atoms with Gasteiger partial charge in [0.1, 0.15) is 5.72 Å². The highest BCUT2D eigenvalue weighted by molar-refractivity contribution is 5.82. The van der Waals surface area contributed by atoms with Crippen molar-refractivity contribution < 1.29 is 4.74 Å². The Kier molecular flexibility index (Phi) is 3.01. The molecule has 2 fully saturated rings. The van der Waals surface area contributed by atoms with Crippen molar-refractivity contribution in [2.45, 2.75) is 43.9 Å². The molecule has 1 spiro atoms. The molecule has 0 amide bonds. The van der Waals surface area contributed by atoms with Gasteiger partial charge in [-0.2, -0.15) is 0 Å². The Balaban J connectivity index is 1.50. The summed E-state index contributed by atoms with van der Waals surface area (Å²) < 4.78 is 6.06. The standard InChI is InChI=1S/C18H21NO/c1-2-6-16-11-14(7-8-15(16)5-1)12-17-13-20-18(19-17)9-3-4-10-18/h1-2,5-8,11,17,19H,3-4,9-10,12-13H2/t17-/m0/s1. The van der Waals surface area contributed by atoms with Crippen LogP contribution in [0.4, 0.5) is 0 Å². The predicted octanol–water partition coefficient (Wildman–Crippen LogP) is 3.64. The summed E-state index contributed by atoms with van der Waals surface area (Å²) in [5.41, 5.74) is 1.42. The van der Waals surface area contributed by atoms with Gasteiger partial charge in [0.05, 0.1) is 6.61 Å². The fraction of sp³-hybridized carbons (Fsp3) is 0.444. The molecule has 1 aliphatic heterocycles. The van der Waals surface area contributed by atoms with Gasteiger partial charge in [0.15, 0.2) is 0 Å². The van der Waals surface area contributed by atoms with Crippen molar-refractivity contribution >= 4 is 10.8 Å². The third-order valence-electron chi connectivity index (χ3n) is 4.74. The summed E-state index contributed by atoms with van der Waals surface area (Å²) in [5, 5.41) is 6.39. The van der Waals surface area contributed by atoms with E-state index in [2.05, 4.69) is 47.8 Å². The maximum atomic E-state index is 6.06. The molecule has 1 atom stereocenters. The molecule has 0 aromatic heterocycles. The van der Waals surface area contributed by atoms with Gasteiger partial charge in [-0.05, 0) is 48.4 Å². The van der Waals surface area contributed by atoms with E-state index in [0.717, 1.165) is 13.0 Å². The molecule has 1 saturated heterocycles. The highest BCUT2D eigenvalue weighted by Crippen LogP contribution is 2.35. The molecule has 2 aromatic carbocycles. The van der Waals surface area contributed by atoms with E-state index >= 15 is 0 Å². The van der Waals surface area contributed by atoms with Crippen LogP contribution in [0.5, 0.6) is 0 Å². The van der Waals surface area contributed by atoms with Gasteiger partial charge in [0.2, 0.25) is 0 Å². The van der Waals surface area contributed by atoms with Crippen molar-refractivity contribution in [3.05, 3.63) is 48.0 Å². The van der Waals surface area contributed by atoms with Crippen LogP contribution in [0.25, 0.3) is 10.8 Å². The topological polar surface area (TPSA) is 21.3 Å². The van der Waals surface area contributed by atoms with Crippen LogP contribution in [-0.2, 0) is 11.2 Å². The zero-order valence-electron chi connectivity index (χ0n) is 11.8. The molecule has 2 aromatic rings. The molecule has 104 valence electrons. The van der Waals surface area contributed by atoms with E-state index in [0.29, 0.717) is 6.04 Å². The molecule has 0 bridgehead atoms. The first-order valence-electron chi connectivity index (χ1n) is 7.72. The minimum Gasteiger partial charge on any atom is -0.359 e. The van der Waals surface area contributed by atoms with Crippen molar-refractivity contribution in [2.24, 2.45) is 0 Å². The molecular weight excluding hydrogens is 246 g/mol. The Morgan fingerprint density at radius 3 is 2.70 bits per heavy atom. The fourth-order valence-electron chi connectivity index (χ4n) is 3.71. The zero-order valence-corrected chi connectivity index (χ0v) is 11.8. The normalized spacial score (nSPS) is 24.7. The Labute approximate surface area is 120 Å². The van der Waals surface area contributed by atoms with Crippen molar-refractivity contribution in [3.63, 3.8) is 0 Å². The third-order valence-corrected chi connectivity index (χ3v) is 4.74. The second-order valence-electron chi connectivity index (χ2n) is 6.24. The van der Waals surface area contributed by atoms with Crippen molar-refractivity contribution in [1.82, 2.24) is 5.32 Å². The average Bonchev–Trinajstić information content (AvgIpc) is 3.09. The lowest BCUT2D eigenvalue weighted by atomic mass is 10.0. The van der Waals surface area contributed by atoms with E-state index in [9.17, 15) is 0 Å². The number of fused-ring (bicyclic) bond motifs is 1. The molecule has 1 saturated carbocycles. The molecule has 0 unspecified atom stereocenters. The largest absolute Gasteiger partial charge is 0.359 e. The number of rotatable bonds is 2. The van der Waals surface area contributed by atoms with Crippen molar-refractivity contribution in [1.29, 1.82) is 0 Å². The number of ether oxygens (including phenoxy) is 1. The monoisotopic (exact) mass is 267 g/mol. The lowest BCUT2D eigenvalue weighted by molar-refractivity contribution is -0.00358. The maximum absolute atomic E-state index is 6.06. The molecule has 4 rings (SSSR count). The second kappa shape index (κ2) is 4.87. The summed E-state index contributed by atoms with van der Waals surface area (Å²) >= 11 is 0. The summed E-state index contributed by atoms with van der Waals surface area (Å²) in [6.45, 7) is 0.854. The third kappa shape index (κ3) is 2.23. The first kappa shape index (κ1) is 12.4. The van der Waals surface area contributed by atoms with Crippen LogP contribution >= 0.6 is 0 Å². The van der Waals surface area contributed by atoms with Gasteiger partial charge in [-0.1, -0.05) is 42.5 Å². The summed E-state index contributed by atoms with van der Waals surface area (Å²) in [4.78, 5) is 0. The summed E-state index contributed by atoms with van der Waals surface area (Å²) in [6, 6.07) is 15.8. The quantitative estimate of drug-likeness (QED) is 0.897. The van der Waals surface area contributed by atoms with Crippen LogP contribution in [-0.4, -0.2) is 18.4 Å². The van der Waals surface area contributed by atoms with Gasteiger partial charge in [0, 0.05) is 6.04 Å². The van der Waals surface area contributed by atoms with Gasteiger partial charge in [0.25, 0.3) is 0 Å². The first-order chi connectivity index (χ1) is 9.83. The van der Waals surface area contributed by atoms with Crippen LogP contribution < -0.4 is 5.32 Å². The minimum atomic E-state index is 0.0154. The van der Waals surface area contributed by atoms with E-state index in [1.54, 1.807) is 0 Å². The molecule has 2 heteroatoms. The van der Waals surface area contributed by atoms with E-state index in [1.807, 2.05) is 0 Å². The van der Waals surface area contributed by atoms with Crippen LogP contribution in [0.3, 0.4) is 0 Å². The van der Waals surface area contributed by atoms with Crippen LogP contribution in [0.15, 0.2) is 42.5 Å². The molecule has 1 heterocycles. The molecule has 20 heavy (non-hydrogen) atoms. The number of hydrogen-bond acceptors (Lipinski definition) is 2. The smallest absolute Gasteiger partial charge is 0.119 e. The molecule has 1 aliphatic carbocycles. The summed E-state index contributed by atoms with van der Waals surface area (Å²) in [7, 11) is 0. The fourth-order valence-corrected chi connectivity index (χ4v) is 3.71. The van der Waals surface area contributed by atoms with E-state index in [-0.39, 0.29) is 5.72 Å². The van der Waals surface area contributed by atoms with Crippen molar-refractivity contribution in [3.8, 4) is 0 Å². The lowest BCUT2D eigenvalue weighted by Crippen LogP contribution is -2.42. The second-order valence-corrected chi connectivity index (χ2v) is 6.24. The Morgan fingerprint density at radius 1 is 1.05 bits per heavy atom. The van der Waals surface area contributed by atoms with Gasteiger partial charge < -0.3 is 4.74 Å². The first-order valence-corrected chi connectivity index (χ1v) is 7.72. The van der Waals surface area contributed by atoms with E-state index in [1.165, 1.54) is 42.0 Å². The number of nitrogens with one attached hydrogen (secondary N) is 1. The average molecular weight is 267 g/mol. The minimum absolute atomic E-state index is 0.0154. The molecule has 0 radical (unpaired) electrons. The van der Waals surface area contributed by atoms with Crippen LogP contribution in [0, 0.1) is 0 Å². The van der Waals surface area contributed by atoms with Crippen molar-refractivity contribution in [2.75, 3.05) is 6.61 Å². The van der Waals surface area contributed by atoms with E-state index < -0.39 is 0 Å². The molecular formula is C18H21NO. The van der Waals surface area contributed by atoms with Crippen LogP contribution in [0.2, 0.25) is 0 Å². The lowest BCUT2D eigenvalue weighted by Gasteiger charge is -2.23. The van der Waals surface area contributed by atoms with Crippen LogP contribution in [0.1, 0.15) is 31.2 Å². The van der Waals surface area contributed by atoms with Gasteiger partial charge in [-0.15, -0.1) is 0 Å². The highest BCUT2D eigenvalue weighted by Gasteiger charge is 2.41. The maximum Gasteiger partial charge on any atom is 0.119 e. The van der Waals surface area contributed by atoms with Gasteiger partial charge in [-0.25, -0.2) is 0 Å². The zero-order chi connectivity index (χ0) is 13.4. The Hall–Kier alpha value is -1.38.